The Labute approximate surface area is 108 Å². The Morgan fingerprint density at radius 1 is 1.50 bits per heavy atom. The molecule has 0 amide bonds. The summed E-state index contributed by atoms with van der Waals surface area (Å²) in [7, 11) is -1.55. The minimum absolute atomic E-state index is 0.0351. The zero-order chi connectivity index (χ0) is 13.9. The van der Waals surface area contributed by atoms with Crippen molar-refractivity contribution in [2.24, 2.45) is 0 Å². The van der Waals surface area contributed by atoms with Gasteiger partial charge in [0.1, 0.15) is 0 Å². The zero-order valence-electron chi connectivity index (χ0n) is 10.7. The van der Waals surface area contributed by atoms with Crippen molar-refractivity contribution < 1.29 is 8.42 Å². The lowest BCUT2D eigenvalue weighted by atomic mass is 10.2. The average molecular weight is 267 g/mol. The SMILES string of the molecule is CC(CC#N)N(C)c1cccc(S(C)(=O)=O)c1N. The van der Waals surface area contributed by atoms with Gasteiger partial charge >= 0.3 is 0 Å². The Morgan fingerprint density at radius 3 is 2.61 bits per heavy atom. The number of nitriles is 1. The van der Waals surface area contributed by atoms with Gasteiger partial charge in [-0.1, -0.05) is 6.07 Å². The van der Waals surface area contributed by atoms with E-state index < -0.39 is 9.84 Å². The molecule has 98 valence electrons. The predicted molar refractivity (Wildman–Crippen MR) is 72.1 cm³/mol. The van der Waals surface area contributed by atoms with Crippen LogP contribution in [0, 0.1) is 11.3 Å². The number of nitrogen functional groups attached to an aromatic ring is 1. The first-order valence-electron chi connectivity index (χ1n) is 5.47. The van der Waals surface area contributed by atoms with Crippen LogP contribution in [-0.4, -0.2) is 27.8 Å². The molecule has 0 radical (unpaired) electrons. The Hall–Kier alpha value is -1.74. The Bertz CT molecular complexity index is 575. The van der Waals surface area contributed by atoms with E-state index in [1.165, 1.54) is 6.07 Å². The topological polar surface area (TPSA) is 87.2 Å². The van der Waals surface area contributed by atoms with Gasteiger partial charge in [0.15, 0.2) is 9.84 Å². The van der Waals surface area contributed by atoms with Crippen molar-refractivity contribution in [2.45, 2.75) is 24.3 Å². The Kier molecular flexibility index (Phi) is 4.19. The highest BCUT2D eigenvalue weighted by molar-refractivity contribution is 7.90. The number of nitrogens with zero attached hydrogens (tertiary/aromatic N) is 2. The van der Waals surface area contributed by atoms with Gasteiger partial charge in [0.2, 0.25) is 0 Å². The van der Waals surface area contributed by atoms with Gasteiger partial charge in [-0.05, 0) is 19.1 Å². The lowest BCUT2D eigenvalue weighted by Crippen LogP contribution is -2.29. The Morgan fingerprint density at radius 2 is 2.11 bits per heavy atom. The largest absolute Gasteiger partial charge is 0.396 e. The lowest BCUT2D eigenvalue weighted by molar-refractivity contribution is 0.602. The van der Waals surface area contributed by atoms with Crippen molar-refractivity contribution in [2.75, 3.05) is 23.9 Å². The molecule has 0 bridgehead atoms. The summed E-state index contributed by atoms with van der Waals surface area (Å²) in [5.41, 5.74) is 6.76. The fourth-order valence-corrected chi connectivity index (χ4v) is 2.50. The summed E-state index contributed by atoms with van der Waals surface area (Å²) in [4.78, 5) is 1.93. The minimum atomic E-state index is -3.34. The summed E-state index contributed by atoms with van der Waals surface area (Å²) in [5, 5.41) is 8.68. The number of rotatable bonds is 4. The molecule has 0 saturated heterocycles. The number of nitrogens with two attached hydrogens (primary N) is 1. The van der Waals surface area contributed by atoms with Crippen LogP contribution >= 0.6 is 0 Å². The summed E-state index contributed by atoms with van der Waals surface area (Å²) in [6.45, 7) is 1.88. The average Bonchev–Trinajstić information content (AvgIpc) is 2.27. The first-order chi connectivity index (χ1) is 8.29. The second-order valence-electron chi connectivity index (χ2n) is 4.28. The summed E-state index contributed by atoms with van der Waals surface area (Å²) >= 11 is 0. The fraction of sp³-hybridized carbons (Fsp3) is 0.417. The highest BCUT2D eigenvalue weighted by Crippen LogP contribution is 2.30. The standard InChI is InChI=1S/C12H17N3O2S/c1-9(7-8-13)15(2)10-5-4-6-11(12(10)14)18(3,16)17/h4-6,9H,7,14H2,1-3H3. The van der Waals surface area contributed by atoms with Crippen molar-refractivity contribution >= 4 is 21.2 Å². The molecule has 18 heavy (non-hydrogen) atoms. The predicted octanol–water partition coefficient (Wildman–Crippen LogP) is 1.41. The van der Waals surface area contributed by atoms with Crippen molar-refractivity contribution in [3.63, 3.8) is 0 Å². The molecular weight excluding hydrogens is 250 g/mol. The van der Waals surface area contributed by atoms with Gasteiger partial charge in [-0.25, -0.2) is 8.42 Å². The van der Waals surface area contributed by atoms with Crippen LogP contribution in [0.5, 0.6) is 0 Å². The van der Waals surface area contributed by atoms with E-state index in [0.717, 1.165) is 6.26 Å². The summed E-state index contributed by atoms with van der Waals surface area (Å²) in [6, 6.07) is 6.93. The normalized spacial score (nSPS) is 12.8. The van der Waals surface area contributed by atoms with E-state index in [9.17, 15) is 8.42 Å². The molecule has 2 N–H and O–H groups in total. The maximum absolute atomic E-state index is 11.6. The molecule has 0 saturated carbocycles. The Balaban J connectivity index is 3.24. The van der Waals surface area contributed by atoms with E-state index in [4.69, 9.17) is 11.0 Å². The molecule has 1 atom stereocenters. The van der Waals surface area contributed by atoms with Gasteiger partial charge < -0.3 is 10.6 Å². The molecule has 0 aliphatic rings. The molecule has 0 fully saturated rings. The van der Waals surface area contributed by atoms with Crippen LogP contribution in [0.15, 0.2) is 23.1 Å². The van der Waals surface area contributed by atoms with Crippen molar-refractivity contribution in [1.82, 2.24) is 0 Å². The third-order valence-corrected chi connectivity index (χ3v) is 4.03. The monoisotopic (exact) mass is 267 g/mol. The van der Waals surface area contributed by atoms with E-state index in [0.29, 0.717) is 12.1 Å². The van der Waals surface area contributed by atoms with Gasteiger partial charge in [0.05, 0.1) is 28.8 Å². The van der Waals surface area contributed by atoms with Crippen LogP contribution in [0.25, 0.3) is 0 Å². The maximum Gasteiger partial charge on any atom is 0.177 e. The van der Waals surface area contributed by atoms with Crippen LogP contribution in [0.4, 0.5) is 11.4 Å². The van der Waals surface area contributed by atoms with Crippen molar-refractivity contribution in [1.29, 1.82) is 5.26 Å². The molecule has 1 unspecified atom stereocenters. The van der Waals surface area contributed by atoms with Crippen molar-refractivity contribution in [3.05, 3.63) is 18.2 Å². The summed E-state index contributed by atoms with van der Waals surface area (Å²) < 4.78 is 23.1. The van der Waals surface area contributed by atoms with Gasteiger partial charge in [-0.2, -0.15) is 5.26 Å². The zero-order valence-corrected chi connectivity index (χ0v) is 11.5. The molecule has 1 aromatic rings. The summed E-state index contributed by atoms with van der Waals surface area (Å²) in [6.07, 6.45) is 1.47. The number of hydrogen-bond donors (Lipinski definition) is 1. The number of hydrogen-bond acceptors (Lipinski definition) is 5. The van der Waals surface area contributed by atoms with E-state index in [2.05, 4.69) is 6.07 Å². The number of benzene rings is 1. The molecule has 1 rings (SSSR count). The molecule has 5 nitrogen and oxygen atoms in total. The third-order valence-electron chi connectivity index (χ3n) is 2.87. The smallest absolute Gasteiger partial charge is 0.177 e. The first-order valence-corrected chi connectivity index (χ1v) is 7.36. The number of sulfone groups is 1. The first kappa shape index (κ1) is 14.3. The quantitative estimate of drug-likeness (QED) is 0.833. The second kappa shape index (κ2) is 5.27. The minimum Gasteiger partial charge on any atom is -0.396 e. The fourth-order valence-electron chi connectivity index (χ4n) is 1.67. The summed E-state index contributed by atoms with van der Waals surface area (Å²) in [5.74, 6) is 0. The van der Waals surface area contributed by atoms with Crippen LogP contribution < -0.4 is 10.6 Å². The van der Waals surface area contributed by atoms with Gasteiger partial charge in [-0.3, -0.25) is 0 Å². The van der Waals surface area contributed by atoms with E-state index >= 15 is 0 Å². The van der Waals surface area contributed by atoms with Crippen LogP contribution in [0.1, 0.15) is 13.3 Å². The number of para-hydroxylation sites is 1. The molecular formula is C12H17N3O2S. The van der Waals surface area contributed by atoms with E-state index in [1.807, 2.05) is 11.8 Å². The van der Waals surface area contributed by atoms with Crippen LogP contribution in [-0.2, 0) is 9.84 Å². The second-order valence-corrected chi connectivity index (χ2v) is 6.27. The number of anilines is 2. The van der Waals surface area contributed by atoms with Gasteiger partial charge in [0.25, 0.3) is 0 Å². The van der Waals surface area contributed by atoms with E-state index in [1.54, 1.807) is 19.2 Å². The highest BCUT2D eigenvalue weighted by Gasteiger charge is 2.18. The molecule has 0 spiro atoms. The van der Waals surface area contributed by atoms with Crippen molar-refractivity contribution in [3.8, 4) is 6.07 Å². The molecule has 0 aliphatic carbocycles. The third kappa shape index (κ3) is 2.93. The van der Waals surface area contributed by atoms with Crippen LogP contribution in [0.3, 0.4) is 0 Å². The molecule has 6 heteroatoms. The van der Waals surface area contributed by atoms with Gasteiger partial charge in [0, 0.05) is 19.3 Å². The molecule has 0 aliphatic heterocycles. The van der Waals surface area contributed by atoms with Gasteiger partial charge in [-0.15, -0.1) is 0 Å². The lowest BCUT2D eigenvalue weighted by Gasteiger charge is -2.27. The van der Waals surface area contributed by atoms with E-state index in [-0.39, 0.29) is 16.6 Å². The molecule has 0 aromatic heterocycles. The highest BCUT2D eigenvalue weighted by atomic mass is 32.2. The molecule has 1 aromatic carbocycles. The van der Waals surface area contributed by atoms with Crippen LogP contribution in [0.2, 0.25) is 0 Å². The molecule has 0 heterocycles. The maximum atomic E-state index is 11.6.